The highest BCUT2D eigenvalue weighted by Gasteiger charge is 2.35. The molecule has 3 rings (SSSR count). The molecule has 4 nitrogen and oxygen atoms in total. The van der Waals surface area contributed by atoms with Crippen LogP contribution >= 0.6 is 0 Å². The van der Waals surface area contributed by atoms with Gasteiger partial charge in [-0.25, -0.2) is 17.5 Å². The summed E-state index contributed by atoms with van der Waals surface area (Å²) in [5, 5.41) is 0. The fraction of sp³-hybridized carbons (Fsp3) is 0.368. The zero-order valence-electron chi connectivity index (χ0n) is 14.2. The van der Waals surface area contributed by atoms with Crippen LogP contribution in [0.3, 0.4) is 0 Å². The summed E-state index contributed by atoms with van der Waals surface area (Å²) in [4.78, 5) is 0.249. The Morgan fingerprint density at radius 3 is 2.24 bits per heavy atom. The summed E-state index contributed by atoms with van der Waals surface area (Å²) in [7, 11) is -3.60. The molecule has 1 aliphatic rings. The third-order valence-electron chi connectivity index (χ3n) is 4.84. The maximum atomic E-state index is 13.3. The van der Waals surface area contributed by atoms with Gasteiger partial charge in [-0.05, 0) is 49.6 Å². The highest BCUT2D eigenvalue weighted by molar-refractivity contribution is 7.89. The topological polar surface area (TPSA) is 55.4 Å². The lowest BCUT2D eigenvalue weighted by atomic mass is 9.74. The van der Waals surface area contributed by atoms with Gasteiger partial charge >= 0.3 is 0 Å². The van der Waals surface area contributed by atoms with Crippen molar-refractivity contribution in [1.29, 1.82) is 0 Å². The van der Waals surface area contributed by atoms with Crippen molar-refractivity contribution in [3.63, 3.8) is 0 Å². The first-order chi connectivity index (χ1) is 11.9. The molecular formula is C19H22FNO3S. The number of hydrogen-bond donors (Lipinski definition) is 1. The molecule has 1 fully saturated rings. The van der Waals surface area contributed by atoms with E-state index >= 15 is 0 Å². The Morgan fingerprint density at radius 1 is 1.04 bits per heavy atom. The smallest absolute Gasteiger partial charge is 0.240 e. The summed E-state index contributed by atoms with van der Waals surface area (Å²) in [5.74, 6) is -0.300. The number of sulfonamides is 1. The molecule has 0 amide bonds. The second kappa shape index (κ2) is 7.23. The van der Waals surface area contributed by atoms with Gasteiger partial charge in [0, 0.05) is 25.2 Å². The number of aryl methyl sites for hydroxylation is 1. The van der Waals surface area contributed by atoms with Crippen LogP contribution < -0.4 is 4.72 Å². The van der Waals surface area contributed by atoms with Crippen molar-refractivity contribution in [2.75, 3.05) is 19.8 Å². The Hall–Kier alpha value is -1.76. The molecule has 0 radical (unpaired) electrons. The molecule has 25 heavy (non-hydrogen) atoms. The van der Waals surface area contributed by atoms with E-state index in [-0.39, 0.29) is 22.7 Å². The van der Waals surface area contributed by atoms with E-state index in [0.717, 1.165) is 11.1 Å². The van der Waals surface area contributed by atoms with Crippen molar-refractivity contribution < 1.29 is 17.5 Å². The number of ether oxygens (including phenoxy) is 1. The molecule has 134 valence electrons. The van der Waals surface area contributed by atoms with E-state index < -0.39 is 10.0 Å². The first-order valence-corrected chi connectivity index (χ1v) is 9.80. The minimum absolute atomic E-state index is 0.249. The lowest BCUT2D eigenvalue weighted by Crippen LogP contribution is -2.44. The zero-order chi connectivity index (χ0) is 17.9. The maximum absolute atomic E-state index is 13.3. The molecule has 1 N–H and O–H groups in total. The van der Waals surface area contributed by atoms with Crippen LogP contribution in [0.2, 0.25) is 0 Å². The molecule has 6 heteroatoms. The molecule has 2 aromatic rings. The van der Waals surface area contributed by atoms with E-state index in [1.165, 1.54) is 12.1 Å². The number of halogens is 1. The van der Waals surface area contributed by atoms with E-state index in [0.29, 0.717) is 26.1 Å². The molecule has 0 aromatic heterocycles. The van der Waals surface area contributed by atoms with E-state index in [1.807, 2.05) is 6.92 Å². The van der Waals surface area contributed by atoms with E-state index in [1.54, 1.807) is 36.4 Å². The van der Waals surface area contributed by atoms with Gasteiger partial charge in [0.05, 0.1) is 4.90 Å². The molecule has 0 aliphatic carbocycles. The molecular weight excluding hydrogens is 341 g/mol. The molecule has 0 saturated carbocycles. The van der Waals surface area contributed by atoms with Crippen molar-refractivity contribution in [2.24, 2.45) is 0 Å². The second-order valence-electron chi connectivity index (χ2n) is 6.54. The van der Waals surface area contributed by atoms with Crippen molar-refractivity contribution in [3.8, 4) is 0 Å². The lowest BCUT2D eigenvalue weighted by Gasteiger charge is -2.37. The van der Waals surface area contributed by atoms with Gasteiger partial charge < -0.3 is 4.74 Å². The van der Waals surface area contributed by atoms with E-state index in [9.17, 15) is 12.8 Å². The Bertz CT molecular complexity index is 811. The van der Waals surface area contributed by atoms with Gasteiger partial charge in [0.25, 0.3) is 0 Å². The summed E-state index contributed by atoms with van der Waals surface area (Å²) in [5.41, 5.74) is 1.55. The van der Waals surface area contributed by atoms with Crippen LogP contribution in [-0.4, -0.2) is 28.2 Å². The maximum Gasteiger partial charge on any atom is 0.240 e. The van der Waals surface area contributed by atoms with Crippen LogP contribution in [0.4, 0.5) is 4.39 Å². The van der Waals surface area contributed by atoms with Crippen molar-refractivity contribution in [2.45, 2.75) is 30.1 Å². The van der Waals surface area contributed by atoms with Crippen LogP contribution in [-0.2, 0) is 20.2 Å². The van der Waals surface area contributed by atoms with Gasteiger partial charge in [0.1, 0.15) is 5.82 Å². The molecule has 0 unspecified atom stereocenters. The average Bonchev–Trinajstić information content (AvgIpc) is 2.62. The Kier molecular flexibility index (Phi) is 5.22. The highest BCUT2D eigenvalue weighted by Crippen LogP contribution is 2.34. The Morgan fingerprint density at radius 2 is 1.64 bits per heavy atom. The van der Waals surface area contributed by atoms with Crippen LogP contribution in [0.15, 0.2) is 53.4 Å². The molecule has 2 aromatic carbocycles. The minimum atomic E-state index is -3.60. The summed E-state index contributed by atoms with van der Waals surface area (Å²) < 4.78 is 46.7. The van der Waals surface area contributed by atoms with E-state index in [4.69, 9.17) is 4.74 Å². The van der Waals surface area contributed by atoms with Crippen LogP contribution in [0.1, 0.15) is 24.0 Å². The normalized spacial score (nSPS) is 17.4. The summed E-state index contributed by atoms with van der Waals surface area (Å²) in [6, 6.07) is 13.1. The van der Waals surface area contributed by atoms with Gasteiger partial charge in [-0.3, -0.25) is 0 Å². The third-order valence-corrected chi connectivity index (χ3v) is 6.26. The van der Waals surface area contributed by atoms with Crippen molar-refractivity contribution in [3.05, 3.63) is 65.5 Å². The quantitative estimate of drug-likeness (QED) is 0.888. The first-order valence-electron chi connectivity index (χ1n) is 8.31. The van der Waals surface area contributed by atoms with Gasteiger partial charge in [0.15, 0.2) is 0 Å². The van der Waals surface area contributed by atoms with Crippen LogP contribution in [0.25, 0.3) is 0 Å². The summed E-state index contributed by atoms with van der Waals surface area (Å²) in [6.45, 7) is 3.29. The predicted molar refractivity (Wildman–Crippen MR) is 94.5 cm³/mol. The van der Waals surface area contributed by atoms with Gasteiger partial charge in [-0.15, -0.1) is 0 Å². The van der Waals surface area contributed by atoms with Crippen LogP contribution in [0.5, 0.6) is 0 Å². The fourth-order valence-corrected chi connectivity index (χ4v) is 4.29. The Balaban J connectivity index is 1.83. The van der Waals surface area contributed by atoms with Gasteiger partial charge in [0.2, 0.25) is 10.0 Å². The minimum Gasteiger partial charge on any atom is -0.381 e. The molecule has 1 aliphatic heterocycles. The fourth-order valence-electron chi connectivity index (χ4n) is 3.17. The number of rotatable bonds is 5. The first kappa shape index (κ1) is 18.0. The Labute approximate surface area is 148 Å². The number of nitrogens with one attached hydrogen (secondary N) is 1. The average molecular weight is 363 g/mol. The summed E-state index contributed by atoms with van der Waals surface area (Å²) >= 11 is 0. The third kappa shape index (κ3) is 4.08. The molecule has 1 heterocycles. The van der Waals surface area contributed by atoms with Gasteiger partial charge in [-0.2, -0.15) is 0 Å². The molecule has 0 spiro atoms. The monoisotopic (exact) mass is 363 g/mol. The van der Waals surface area contributed by atoms with E-state index in [2.05, 4.69) is 4.72 Å². The largest absolute Gasteiger partial charge is 0.381 e. The standard InChI is InChI=1S/C19H22FNO3S/c1-15-2-8-18(9-3-15)25(22,23)21-14-19(10-12-24-13-11-19)16-4-6-17(20)7-5-16/h2-9,21H,10-14H2,1H3. The van der Waals surface area contributed by atoms with Crippen molar-refractivity contribution in [1.82, 2.24) is 4.72 Å². The molecule has 0 atom stereocenters. The predicted octanol–water partition coefficient (Wildman–Crippen LogP) is 3.16. The molecule has 1 saturated heterocycles. The molecule has 0 bridgehead atoms. The number of hydrogen-bond acceptors (Lipinski definition) is 3. The van der Waals surface area contributed by atoms with Crippen molar-refractivity contribution >= 4 is 10.0 Å². The second-order valence-corrected chi connectivity index (χ2v) is 8.30. The summed E-state index contributed by atoms with van der Waals surface area (Å²) in [6.07, 6.45) is 1.38. The number of benzene rings is 2. The SMILES string of the molecule is Cc1ccc(S(=O)(=O)NCC2(c3ccc(F)cc3)CCOCC2)cc1. The zero-order valence-corrected chi connectivity index (χ0v) is 15.0. The highest BCUT2D eigenvalue weighted by atomic mass is 32.2. The van der Waals surface area contributed by atoms with Gasteiger partial charge in [-0.1, -0.05) is 29.8 Å². The lowest BCUT2D eigenvalue weighted by molar-refractivity contribution is 0.0517. The van der Waals surface area contributed by atoms with Crippen LogP contribution in [0, 0.1) is 12.7 Å².